The Morgan fingerprint density at radius 1 is 0.485 bits per heavy atom. The van der Waals surface area contributed by atoms with Gasteiger partial charge in [0.15, 0.2) is 6.29 Å². The standard InChI is InChI=1S/C59H111NO8/c1-3-5-7-9-11-13-15-17-19-21-23-25-26-27-28-29-31-33-35-37-39-41-43-45-47-49-55(63)60-52(51-67-59-58(66)57(65)56(64)54(50-61)68-59)53(62)48-46-44-42-40-38-36-34-32-30-24-22-20-18-16-14-12-10-8-6-4-2/h27-28,38,40,46,48,52-54,56-59,61-62,64-66H,3-26,29-37,39,41-45,47,49-51H2,1-2H3,(H,60,63)/b28-27-,40-38+,48-46+. The predicted octanol–water partition coefficient (Wildman–Crippen LogP) is 14.4. The maximum atomic E-state index is 13.1. The molecule has 7 unspecified atom stereocenters. The monoisotopic (exact) mass is 962 g/mol. The van der Waals surface area contributed by atoms with E-state index >= 15 is 0 Å². The maximum absolute atomic E-state index is 13.1. The Bertz CT molecular complexity index is 1160. The van der Waals surface area contributed by atoms with Gasteiger partial charge in [0.05, 0.1) is 25.4 Å². The molecule has 1 saturated heterocycles. The number of unbranched alkanes of at least 4 members (excludes halogenated alkanes) is 36. The van der Waals surface area contributed by atoms with Crippen molar-refractivity contribution >= 4 is 5.91 Å². The molecular weight excluding hydrogens is 851 g/mol. The SMILES string of the molecule is CCCCCCCCCCCCCC/C=C\CCCCCCCCCCCC(=O)NC(COC1OC(CO)C(O)C(O)C1O)C(O)/C=C/CC/C=C/CCCCCCCCCCCCCCCC. The summed E-state index contributed by atoms with van der Waals surface area (Å²) >= 11 is 0. The van der Waals surface area contributed by atoms with Crippen molar-refractivity contribution < 1.29 is 39.8 Å². The van der Waals surface area contributed by atoms with Gasteiger partial charge in [0.2, 0.25) is 5.91 Å². The van der Waals surface area contributed by atoms with Gasteiger partial charge in [-0.3, -0.25) is 4.79 Å². The number of carbonyl (C=O) groups is 1. The molecule has 9 heteroatoms. The fraction of sp³-hybridized carbons (Fsp3) is 0.881. The van der Waals surface area contributed by atoms with E-state index in [9.17, 15) is 30.3 Å². The van der Waals surface area contributed by atoms with Gasteiger partial charge in [0.25, 0.3) is 0 Å². The molecule has 6 N–H and O–H groups in total. The quantitative estimate of drug-likeness (QED) is 0.0261. The van der Waals surface area contributed by atoms with Crippen LogP contribution < -0.4 is 5.32 Å². The van der Waals surface area contributed by atoms with Crippen LogP contribution in [0.15, 0.2) is 36.5 Å². The summed E-state index contributed by atoms with van der Waals surface area (Å²) in [5, 5.41) is 54.5. The Balaban J connectivity index is 2.24. The van der Waals surface area contributed by atoms with Crippen LogP contribution in [0.2, 0.25) is 0 Å². The molecule has 1 fully saturated rings. The highest BCUT2D eigenvalue weighted by Gasteiger charge is 2.44. The highest BCUT2D eigenvalue weighted by atomic mass is 16.7. The van der Waals surface area contributed by atoms with E-state index < -0.39 is 49.5 Å². The minimum atomic E-state index is -1.57. The van der Waals surface area contributed by atoms with Gasteiger partial charge in [0, 0.05) is 6.42 Å². The zero-order valence-electron chi connectivity index (χ0n) is 44.4. The van der Waals surface area contributed by atoms with Crippen LogP contribution >= 0.6 is 0 Å². The molecule has 0 aliphatic carbocycles. The smallest absolute Gasteiger partial charge is 0.220 e. The first-order valence-electron chi connectivity index (χ1n) is 29.2. The van der Waals surface area contributed by atoms with Crippen molar-refractivity contribution in [1.29, 1.82) is 0 Å². The number of nitrogens with one attached hydrogen (secondary N) is 1. The second-order valence-electron chi connectivity index (χ2n) is 20.4. The summed E-state index contributed by atoms with van der Waals surface area (Å²) in [7, 11) is 0. The van der Waals surface area contributed by atoms with Crippen molar-refractivity contribution in [3.05, 3.63) is 36.5 Å². The van der Waals surface area contributed by atoms with Gasteiger partial charge < -0.3 is 40.3 Å². The molecule has 0 radical (unpaired) electrons. The first-order valence-corrected chi connectivity index (χ1v) is 29.2. The zero-order valence-corrected chi connectivity index (χ0v) is 44.4. The number of rotatable bonds is 50. The van der Waals surface area contributed by atoms with Gasteiger partial charge in [0.1, 0.15) is 24.4 Å². The van der Waals surface area contributed by atoms with Crippen LogP contribution in [0.4, 0.5) is 0 Å². The molecule has 0 aromatic rings. The molecule has 0 spiro atoms. The Hall–Kier alpha value is -1.59. The van der Waals surface area contributed by atoms with Crippen LogP contribution in [-0.4, -0.2) is 87.5 Å². The van der Waals surface area contributed by atoms with E-state index in [-0.39, 0.29) is 12.5 Å². The van der Waals surface area contributed by atoms with Gasteiger partial charge in [-0.2, -0.15) is 0 Å². The third kappa shape index (κ3) is 38.1. The van der Waals surface area contributed by atoms with E-state index in [0.717, 1.165) is 38.5 Å². The van der Waals surface area contributed by atoms with Crippen LogP contribution in [0, 0.1) is 0 Å². The van der Waals surface area contributed by atoms with Crippen LogP contribution in [0.25, 0.3) is 0 Å². The number of ether oxygens (including phenoxy) is 2. The Kier molecular flexibility index (Phi) is 46.4. The summed E-state index contributed by atoms with van der Waals surface area (Å²) in [5.74, 6) is -0.186. The molecule has 1 heterocycles. The molecule has 1 aliphatic rings. The largest absolute Gasteiger partial charge is 0.394 e. The van der Waals surface area contributed by atoms with E-state index in [4.69, 9.17) is 9.47 Å². The van der Waals surface area contributed by atoms with Gasteiger partial charge in [-0.25, -0.2) is 0 Å². The number of hydrogen-bond acceptors (Lipinski definition) is 8. The van der Waals surface area contributed by atoms with E-state index in [0.29, 0.717) is 6.42 Å². The average molecular weight is 963 g/mol. The van der Waals surface area contributed by atoms with Gasteiger partial charge in [-0.05, 0) is 57.8 Å². The summed E-state index contributed by atoms with van der Waals surface area (Å²) in [4.78, 5) is 13.1. The first-order chi connectivity index (χ1) is 33.3. The molecule has 400 valence electrons. The summed E-state index contributed by atoms with van der Waals surface area (Å²) in [6.07, 6.45) is 56.4. The minimum Gasteiger partial charge on any atom is -0.394 e. The van der Waals surface area contributed by atoms with Crippen molar-refractivity contribution in [3.63, 3.8) is 0 Å². The Morgan fingerprint density at radius 3 is 1.24 bits per heavy atom. The van der Waals surface area contributed by atoms with Crippen molar-refractivity contribution in [2.45, 2.75) is 320 Å². The molecule has 1 aliphatic heterocycles. The van der Waals surface area contributed by atoms with Gasteiger partial charge in [-0.15, -0.1) is 0 Å². The Labute approximate surface area is 419 Å². The third-order valence-corrected chi connectivity index (χ3v) is 13.9. The topological polar surface area (TPSA) is 149 Å². The van der Waals surface area contributed by atoms with Crippen LogP contribution in [0.1, 0.15) is 277 Å². The highest BCUT2D eigenvalue weighted by molar-refractivity contribution is 5.76. The number of carbonyl (C=O) groups excluding carboxylic acids is 1. The minimum absolute atomic E-state index is 0.186. The Morgan fingerprint density at radius 2 is 0.838 bits per heavy atom. The molecule has 0 aromatic carbocycles. The van der Waals surface area contributed by atoms with Crippen molar-refractivity contribution in [2.24, 2.45) is 0 Å². The average Bonchev–Trinajstić information content (AvgIpc) is 3.34. The van der Waals surface area contributed by atoms with Crippen LogP contribution in [0.5, 0.6) is 0 Å². The second-order valence-corrected chi connectivity index (χ2v) is 20.4. The molecule has 0 bridgehead atoms. The van der Waals surface area contributed by atoms with E-state index in [1.54, 1.807) is 6.08 Å². The second kappa shape index (κ2) is 49.0. The molecule has 1 amide bonds. The fourth-order valence-electron chi connectivity index (χ4n) is 9.29. The predicted molar refractivity (Wildman–Crippen MR) is 286 cm³/mol. The number of amides is 1. The van der Waals surface area contributed by atoms with Crippen molar-refractivity contribution in [2.75, 3.05) is 13.2 Å². The van der Waals surface area contributed by atoms with Gasteiger partial charge >= 0.3 is 0 Å². The molecule has 0 aromatic heterocycles. The summed E-state index contributed by atoms with van der Waals surface area (Å²) in [6.45, 7) is 3.79. The lowest BCUT2D eigenvalue weighted by atomic mass is 9.99. The number of aliphatic hydroxyl groups excluding tert-OH is 5. The molecule has 1 rings (SSSR count). The van der Waals surface area contributed by atoms with Crippen LogP contribution in [-0.2, 0) is 14.3 Å². The lowest BCUT2D eigenvalue weighted by Gasteiger charge is -2.40. The lowest BCUT2D eigenvalue weighted by molar-refractivity contribution is -0.302. The summed E-state index contributed by atoms with van der Waals surface area (Å²) in [6, 6.07) is -0.823. The molecule has 7 atom stereocenters. The number of aliphatic hydroxyl groups is 5. The molecular formula is C59H111NO8. The highest BCUT2D eigenvalue weighted by Crippen LogP contribution is 2.23. The fourth-order valence-corrected chi connectivity index (χ4v) is 9.29. The van der Waals surface area contributed by atoms with E-state index in [1.165, 1.54) is 218 Å². The van der Waals surface area contributed by atoms with Crippen molar-refractivity contribution in [3.8, 4) is 0 Å². The maximum Gasteiger partial charge on any atom is 0.220 e. The first kappa shape index (κ1) is 64.4. The molecule has 68 heavy (non-hydrogen) atoms. The number of allylic oxidation sites excluding steroid dienone is 5. The van der Waals surface area contributed by atoms with E-state index in [1.807, 2.05) is 6.08 Å². The molecule has 9 nitrogen and oxygen atoms in total. The van der Waals surface area contributed by atoms with E-state index in [2.05, 4.69) is 43.5 Å². The lowest BCUT2D eigenvalue weighted by Crippen LogP contribution is -2.60. The molecule has 0 saturated carbocycles. The van der Waals surface area contributed by atoms with Crippen molar-refractivity contribution in [1.82, 2.24) is 5.32 Å². The zero-order chi connectivity index (χ0) is 49.4. The van der Waals surface area contributed by atoms with Gasteiger partial charge in [-0.1, -0.05) is 249 Å². The summed E-state index contributed by atoms with van der Waals surface area (Å²) < 4.78 is 11.3. The normalized spacial score (nSPS) is 19.8. The van der Waals surface area contributed by atoms with Crippen LogP contribution in [0.3, 0.4) is 0 Å². The number of hydrogen-bond donors (Lipinski definition) is 6. The summed E-state index contributed by atoms with van der Waals surface area (Å²) in [5.41, 5.74) is 0. The third-order valence-electron chi connectivity index (χ3n) is 13.9.